The minimum Gasteiger partial charge on any atom is -0.370 e. The molecule has 0 amide bonds. The summed E-state index contributed by atoms with van der Waals surface area (Å²) in [5.74, 6) is 0.253. The van der Waals surface area contributed by atoms with Crippen LogP contribution in [-0.2, 0) is 11.6 Å². The molecule has 0 fully saturated rings. The van der Waals surface area contributed by atoms with Gasteiger partial charge in [0.05, 0.1) is 12.1 Å². The van der Waals surface area contributed by atoms with E-state index in [0.29, 0.717) is 12.1 Å². The summed E-state index contributed by atoms with van der Waals surface area (Å²) in [6, 6.07) is 5.30. The third kappa shape index (κ3) is 5.42. The van der Waals surface area contributed by atoms with Crippen LogP contribution in [0.4, 0.5) is 13.2 Å². The van der Waals surface area contributed by atoms with Crippen molar-refractivity contribution in [1.82, 2.24) is 5.32 Å². The lowest BCUT2D eigenvalue weighted by molar-refractivity contribution is -0.137. The number of aliphatic imine (C=N–C) groups is 1. The second-order valence-corrected chi connectivity index (χ2v) is 5.97. The maximum absolute atomic E-state index is 12.8. The number of nitrogens with one attached hydrogen (secondary N) is 1. The van der Waals surface area contributed by atoms with Gasteiger partial charge < -0.3 is 11.1 Å². The molecule has 0 saturated heterocycles. The average molecular weight is 313 g/mol. The molecule has 0 atom stereocenters. The number of guanidine groups is 1. The Kier molecular flexibility index (Phi) is 5.63. The summed E-state index contributed by atoms with van der Waals surface area (Å²) in [4.78, 5) is 4.20. The summed E-state index contributed by atoms with van der Waals surface area (Å²) in [5, 5.41) is 2.89. The Morgan fingerprint density at radius 2 is 1.86 bits per heavy atom. The van der Waals surface area contributed by atoms with Gasteiger partial charge in [0.25, 0.3) is 0 Å². The van der Waals surface area contributed by atoms with Crippen LogP contribution in [0.2, 0.25) is 0 Å². The van der Waals surface area contributed by atoms with Crippen LogP contribution in [0.5, 0.6) is 0 Å². The van der Waals surface area contributed by atoms with E-state index in [1.807, 2.05) is 20.8 Å². The second-order valence-electron chi connectivity index (χ2n) is 5.97. The van der Waals surface area contributed by atoms with Crippen molar-refractivity contribution in [3.05, 3.63) is 47.5 Å². The number of nitrogens with two attached hydrogens (primary N) is 1. The lowest BCUT2D eigenvalue weighted by Gasteiger charge is -2.24. The molecule has 1 aromatic rings. The molecule has 0 aliphatic carbocycles. The van der Waals surface area contributed by atoms with Gasteiger partial charge in [-0.15, -0.1) is 0 Å². The highest BCUT2D eigenvalue weighted by Gasteiger charge is 2.32. The van der Waals surface area contributed by atoms with Crippen molar-refractivity contribution in [2.24, 2.45) is 10.7 Å². The quantitative estimate of drug-likeness (QED) is 0.497. The minimum atomic E-state index is -4.35. The highest BCUT2D eigenvalue weighted by atomic mass is 19.4. The zero-order chi connectivity index (χ0) is 17.0. The highest BCUT2D eigenvalue weighted by molar-refractivity contribution is 5.78. The Labute approximate surface area is 129 Å². The Bertz CT molecular complexity index is 560. The van der Waals surface area contributed by atoms with Gasteiger partial charge in [0.15, 0.2) is 5.96 Å². The molecule has 0 saturated carbocycles. The van der Waals surface area contributed by atoms with Gasteiger partial charge in [-0.25, -0.2) is 0 Å². The predicted molar refractivity (Wildman–Crippen MR) is 83.8 cm³/mol. The van der Waals surface area contributed by atoms with Crippen LogP contribution in [0, 0.1) is 0 Å². The number of nitrogens with zero attached hydrogens (tertiary/aromatic N) is 1. The first kappa shape index (κ1) is 18.1. The molecule has 3 nitrogen and oxygen atoms in total. The maximum atomic E-state index is 12.8. The first-order chi connectivity index (χ1) is 10.0. The molecule has 22 heavy (non-hydrogen) atoms. The summed E-state index contributed by atoms with van der Waals surface area (Å²) >= 11 is 0. The van der Waals surface area contributed by atoms with Crippen molar-refractivity contribution in [1.29, 1.82) is 0 Å². The molecule has 1 aromatic carbocycles. The zero-order valence-electron chi connectivity index (χ0n) is 13.1. The molecule has 122 valence electrons. The fraction of sp³-hybridized carbons (Fsp3) is 0.438. The summed E-state index contributed by atoms with van der Waals surface area (Å²) in [7, 11) is 0. The molecule has 0 unspecified atom stereocenters. The van der Waals surface area contributed by atoms with E-state index < -0.39 is 17.2 Å². The Morgan fingerprint density at radius 1 is 1.27 bits per heavy atom. The van der Waals surface area contributed by atoms with E-state index >= 15 is 0 Å². The first-order valence-electron chi connectivity index (χ1n) is 6.88. The smallest absolute Gasteiger partial charge is 0.370 e. The average Bonchev–Trinajstić information content (AvgIpc) is 2.42. The van der Waals surface area contributed by atoms with Crippen molar-refractivity contribution in [3.8, 4) is 0 Å². The molecule has 0 bridgehead atoms. The van der Waals surface area contributed by atoms with E-state index in [2.05, 4.69) is 16.9 Å². The van der Waals surface area contributed by atoms with Crippen LogP contribution in [0.25, 0.3) is 0 Å². The van der Waals surface area contributed by atoms with Crippen molar-refractivity contribution in [2.75, 3.05) is 13.1 Å². The zero-order valence-corrected chi connectivity index (χ0v) is 13.1. The molecule has 0 heterocycles. The Morgan fingerprint density at radius 3 is 2.41 bits per heavy atom. The lowest BCUT2D eigenvalue weighted by atomic mass is 9.84. The van der Waals surface area contributed by atoms with E-state index in [-0.39, 0.29) is 12.5 Å². The molecular formula is C16H22F3N3. The summed E-state index contributed by atoms with van der Waals surface area (Å²) in [6.45, 7) is 10.0. The molecule has 0 spiro atoms. The van der Waals surface area contributed by atoms with E-state index in [9.17, 15) is 13.2 Å². The number of benzene rings is 1. The predicted octanol–water partition coefficient (Wildman–Crippen LogP) is 3.46. The minimum absolute atomic E-state index is 0.253. The van der Waals surface area contributed by atoms with Gasteiger partial charge >= 0.3 is 6.18 Å². The van der Waals surface area contributed by atoms with Gasteiger partial charge in [-0.2, -0.15) is 13.2 Å². The number of alkyl halides is 3. The fourth-order valence-corrected chi connectivity index (χ4v) is 1.79. The molecule has 6 heteroatoms. The molecule has 3 N–H and O–H groups in total. The van der Waals surface area contributed by atoms with E-state index in [0.717, 1.165) is 17.7 Å². The summed E-state index contributed by atoms with van der Waals surface area (Å²) < 4.78 is 38.3. The van der Waals surface area contributed by atoms with Crippen LogP contribution >= 0.6 is 0 Å². The largest absolute Gasteiger partial charge is 0.416 e. The highest BCUT2D eigenvalue weighted by Crippen LogP contribution is 2.32. The number of halogens is 3. The number of hydrogen-bond acceptors (Lipinski definition) is 1. The van der Waals surface area contributed by atoms with E-state index in [1.165, 1.54) is 6.07 Å². The third-order valence-electron chi connectivity index (χ3n) is 3.19. The SMILES string of the molecule is C=C(C)CNC(N)=NCC(C)(C)c1cccc(C(F)(F)F)c1. The maximum Gasteiger partial charge on any atom is 0.416 e. The van der Waals surface area contributed by atoms with Crippen molar-refractivity contribution < 1.29 is 13.2 Å². The van der Waals surface area contributed by atoms with E-state index in [1.54, 1.807) is 6.07 Å². The fourth-order valence-electron chi connectivity index (χ4n) is 1.79. The summed E-state index contributed by atoms with van der Waals surface area (Å²) in [5.41, 5.74) is 5.99. The van der Waals surface area contributed by atoms with Gasteiger partial charge in [-0.3, -0.25) is 4.99 Å². The first-order valence-corrected chi connectivity index (χ1v) is 6.88. The number of rotatable bonds is 5. The number of hydrogen-bond donors (Lipinski definition) is 2. The topological polar surface area (TPSA) is 50.4 Å². The van der Waals surface area contributed by atoms with Crippen molar-refractivity contribution >= 4 is 5.96 Å². The van der Waals surface area contributed by atoms with Crippen molar-refractivity contribution in [3.63, 3.8) is 0 Å². The van der Waals surface area contributed by atoms with Crippen LogP contribution in [-0.4, -0.2) is 19.0 Å². The van der Waals surface area contributed by atoms with E-state index in [4.69, 9.17) is 5.73 Å². The molecule has 0 aliphatic rings. The van der Waals surface area contributed by atoms with Gasteiger partial charge in [0, 0.05) is 12.0 Å². The molecular weight excluding hydrogens is 291 g/mol. The van der Waals surface area contributed by atoms with Crippen LogP contribution in [0.15, 0.2) is 41.4 Å². The molecule has 0 aliphatic heterocycles. The monoisotopic (exact) mass is 313 g/mol. The Balaban J connectivity index is 2.86. The normalized spacial score (nSPS) is 13.1. The molecule has 0 aromatic heterocycles. The van der Waals surface area contributed by atoms with Gasteiger partial charge in [0.1, 0.15) is 0 Å². The third-order valence-corrected chi connectivity index (χ3v) is 3.19. The van der Waals surface area contributed by atoms with Crippen LogP contribution < -0.4 is 11.1 Å². The van der Waals surface area contributed by atoms with Gasteiger partial charge in [0.2, 0.25) is 0 Å². The van der Waals surface area contributed by atoms with Gasteiger partial charge in [-0.05, 0) is 18.6 Å². The summed E-state index contributed by atoms with van der Waals surface area (Å²) in [6.07, 6.45) is -4.35. The van der Waals surface area contributed by atoms with Crippen LogP contribution in [0.3, 0.4) is 0 Å². The van der Waals surface area contributed by atoms with Gasteiger partial charge in [-0.1, -0.05) is 44.2 Å². The standard InChI is InChI=1S/C16H22F3N3/c1-11(2)9-21-14(20)22-10-15(3,4)12-6-5-7-13(8-12)16(17,18)19/h5-8H,1,9-10H2,2-4H3,(H3,20,21,22). The molecule has 1 rings (SSSR count). The second kappa shape index (κ2) is 6.85. The van der Waals surface area contributed by atoms with Crippen LogP contribution in [0.1, 0.15) is 31.9 Å². The van der Waals surface area contributed by atoms with Crippen molar-refractivity contribution in [2.45, 2.75) is 32.4 Å². The Hall–Kier alpha value is -1.98. The lowest BCUT2D eigenvalue weighted by Crippen LogP contribution is -2.34. The molecule has 0 radical (unpaired) electrons.